The number of halogens is 2. The van der Waals surface area contributed by atoms with Gasteiger partial charge in [-0.25, -0.2) is 9.38 Å². The van der Waals surface area contributed by atoms with E-state index in [1.807, 2.05) is 57.1 Å². The number of rotatable bonds is 9. The fourth-order valence-electron chi connectivity index (χ4n) is 2.66. The lowest BCUT2D eigenvalue weighted by atomic mass is 10.1. The predicted octanol–water partition coefficient (Wildman–Crippen LogP) is 4.23. The van der Waals surface area contributed by atoms with Gasteiger partial charge in [0.2, 0.25) is 0 Å². The first-order chi connectivity index (χ1) is 13.4. The summed E-state index contributed by atoms with van der Waals surface area (Å²) < 4.78 is 25.3. The van der Waals surface area contributed by atoms with Crippen LogP contribution in [0.3, 0.4) is 0 Å². The Morgan fingerprint density at radius 3 is 2.45 bits per heavy atom. The molecule has 0 atom stereocenters. The minimum absolute atomic E-state index is 0. The molecular weight excluding hydrogens is 486 g/mol. The smallest absolute Gasteiger partial charge is 0.193 e. The second kappa shape index (κ2) is 12.5. The lowest BCUT2D eigenvalue weighted by Gasteiger charge is -2.14. The van der Waals surface area contributed by atoms with Crippen LogP contribution in [0.5, 0.6) is 11.5 Å². The molecule has 2 aromatic rings. The molecule has 0 spiro atoms. The fraction of sp³-hybridized carbons (Fsp3) is 0.381. The van der Waals surface area contributed by atoms with Gasteiger partial charge in [-0.15, -0.1) is 24.0 Å². The summed E-state index contributed by atoms with van der Waals surface area (Å²) in [7, 11) is 3.81. The quantitative estimate of drug-likeness (QED) is 0.297. The molecule has 2 aromatic carbocycles. The van der Waals surface area contributed by atoms with Crippen molar-refractivity contribution in [3.63, 3.8) is 0 Å². The van der Waals surface area contributed by atoms with E-state index in [4.69, 9.17) is 15.2 Å². The molecule has 8 heteroatoms. The summed E-state index contributed by atoms with van der Waals surface area (Å²) in [5, 5.41) is 3.04. The molecule has 6 nitrogen and oxygen atoms in total. The summed E-state index contributed by atoms with van der Waals surface area (Å²) in [6.45, 7) is 5.74. The number of ether oxygens (including phenoxy) is 2. The van der Waals surface area contributed by atoms with Crippen LogP contribution in [0.2, 0.25) is 0 Å². The van der Waals surface area contributed by atoms with E-state index in [9.17, 15) is 4.39 Å². The van der Waals surface area contributed by atoms with Crippen molar-refractivity contribution in [1.29, 1.82) is 0 Å². The van der Waals surface area contributed by atoms with E-state index in [2.05, 4.69) is 10.3 Å². The number of benzene rings is 2. The number of nitrogens with zero attached hydrogens (tertiary/aromatic N) is 2. The van der Waals surface area contributed by atoms with Crippen LogP contribution >= 0.6 is 24.0 Å². The Morgan fingerprint density at radius 1 is 1.10 bits per heavy atom. The van der Waals surface area contributed by atoms with E-state index in [1.165, 1.54) is 6.07 Å². The number of nitrogens with one attached hydrogen (secondary N) is 1. The monoisotopic (exact) mass is 516 g/mol. The Kier molecular flexibility index (Phi) is 10.7. The molecule has 0 aliphatic rings. The van der Waals surface area contributed by atoms with Crippen molar-refractivity contribution in [3.8, 4) is 11.5 Å². The maximum atomic E-state index is 14.2. The molecule has 0 saturated carbocycles. The van der Waals surface area contributed by atoms with Gasteiger partial charge >= 0.3 is 0 Å². The van der Waals surface area contributed by atoms with Gasteiger partial charge in [-0.1, -0.05) is 12.1 Å². The van der Waals surface area contributed by atoms with Gasteiger partial charge in [0.15, 0.2) is 5.96 Å². The van der Waals surface area contributed by atoms with Crippen LogP contribution in [0.4, 0.5) is 10.1 Å². The van der Waals surface area contributed by atoms with Crippen LogP contribution in [-0.2, 0) is 13.1 Å². The SMILES string of the molecule is CCOc1ccc(OCC)c(NC(N)=NCc2ccc(CN(C)C)c(F)c2)c1.I. The Labute approximate surface area is 189 Å². The van der Waals surface area contributed by atoms with Crippen molar-refractivity contribution in [2.24, 2.45) is 10.7 Å². The largest absolute Gasteiger partial charge is 0.494 e. The zero-order chi connectivity index (χ0) is 20.5. The third kappa shape index (κ3) is 8.06. The minimum Gasteiger partial charge on any atom is -0.494 e. The average molecular weight is 516 g/mol. The number of nitrogens with two attached hydrogens (primary N) is 1. The van der Waals surface area contributed by atoms with Gasteiger partial charge in [0.25, 0.3) is 0 Å². The lowest BCUT2D eigenvalue weighted by molar-refractivity contribution is 0.332. The third-order valence-electron chi connectivity index (χ3n) is 3.86. The summed E-state index contributed by atoms with van der Waals surface area (Å²) in [6.07, 6.45) is 0. The zero-order valence-electron chi connectivity index (χ0n) is 17.4. The number of hydrogen-bond donors (Lipinski definition) is 2. The first-order valence-electron chi connectivity index (χ1n) is 9.31. The number of anilines is 1. The van der Waals surface area contributed by atoms with Gasteiger partial charge in [-0.05, 0) is 51.7 Å². The van der Waals surface area contributed by atoms with E-state index < -0.39 is 0 Å². The minimum atomic E-state index is -0.240. The lowest BCUT2D eigenvalue weighted by Crippen LogP contribution is -2.23. The first-order valence-corrected chi connectivity index (χ1v) is 9.31. The second-order valence-corrected chi connectivity index (χ2v) is 6.51. The number of guanidine groups is 1. The van der Waals surface area contributed by atoms with Gasteiger partial charge in [0.05, 0.1) is 25.4 Å². The molecule has 0 saturated heterocycles. The van der Waals surface area contributed by atoms with E-state index in [1.54, 1.807) is 6.07 Å². The molecule has 0 unspecified atom stereocenters. The van der Waals surface area contributed by atoms with Gasteiger partial charge in [-0.2, -0.15) is 0 Å². The topological polar surface area (TPSA) is 72.1 Å². The van der Waals surface area contributed by atoms with Crippen molar-refractivity contribution < 1.29 is 13.9 Å². The molecule has 2 rings (SSSR count). The van der Waals surface area contributed by atoms with Crippen molar-refractivity contribution in [2.75, 3.05) is 32.6 Å². The molecule has 0 radical (unpaired) electrons. The third-order valence-corrected chi connectivity index (χ3v) is 3.86. The molecule has 0 aliphatic heterocycles. The van der Waals surface area contributed by atoms with Crippen LogP contribution < -0.4 is 20.5 Å². The van der Waals surface area contributed by atoms with Crippen molar-refractivity contribution in [3.05, 3.63) is 53.3 Å². The summed E-state index contributed by atoms with van der Waals surface area (Å²) in [5.74, 6) is 1.34. The van der Waals surface area contributed by atoms with E-state index in [-0.39, 0.29) is 42.3 Å². The predicted molar refractivity (Wildman–Crippen MR) is 127 cm³/mol. The first kappa shape index (κ1) is 25.0. The molecule has 3 N–H and O–H groups in total. The fourth-order valence-corrected chi connectivity index (χ4v) is 2.66. The van der Waals surface area contributed by atoms with Gasteiger partial charge in [0, 0.05) is 18.2 Å². The maximum Gasteiger partial charge on any atom is 0.193 e. The maximum absolute atomic E-state index is 14.2. The standard InChI is InChI=1S/C21H29FN4O2.HI/c1-5-27-17-9-10-20(28-6-2)19(12-17)25-21(23)24-13-15-7-8-16(14-26(3)4)18(22)11-15;/h7-12H,5-6,13-14H2,1-4H3,(H3,23,24,25);1H. The normalized spacial score (nSPS) is 11.2. The summed E-state index contributed by atoms with van der Waals surface area (Å²) in [4.78, 5) is 6.23. The number of hydrogen-bond acceptors (Lipinski definition) is 4. The van der Waals surface area contributed by atoms with Crippen LogP contribution in [0, 0.1) is 5.82 Å². The van der Waals surface area contributed by atoms with Crippen LogP contribution in [0.15, 0.2) is 41.4 Å². The van der Waals surface area contributed by atoms with E-state index >= 15 is 0 Å². The van der Waals surface area contributed by atoms with Crippen LogP contribution in [-0.4, -0.2) is 38.2 Å². The highest BCUT2D eigenvalue weighted by molar-refractivity contribution is 14.0. The molecule has 0 aliphatic carbocycles. The van der Waals surface area contributed by atoms with Crippen molar-refractivity contribution >= 4 is 35.6 Å². The highest BCUT2D eigenvalue weighted by Gasteiger charge is 2.08. The summed E-state index contributed by atoms with van der Waals surface area (Å²) >= 11 is 0. The molecule has 0 amide bonds. The van der Waals surface area contributed by atoms with Crippen LogP contribution in [0.1, 0.15) is 25.0 Å². The molecule has 0 fully saturated rings. The van der Waals surface area contributed by atoms with Crippen molar-refractivity contribution in [2.45, 2.75) is 26.9 Å². The highest BCUT2D eigenvalue weighted by atomic mass is 127. The van der Waals surface area contributed by atoms with Gasteiger partial charge < -0.3 is 25.4 Å². The molecule has 0 bridgehead atoms. The molecular formula is C21H30FIN4O2. The van der Waals surface area contributed by atoms with Gasteiger partial charge in [0.1, 0.15) is 17.3 Å². The summed E-state index contributed by atoms with van der Waals surface area (Å²) in [6, 6.07) is 10.6. The van der Waals surface area contributed by atoms with Gasteiger partial charge in [-0.3, -0.25) is 0 Å². The van der Waals surface area contributed by atoms with E-state index in [0.29, 0.717) is 42.5 Å². The summed E-state index contributed by atoms with van der Waals surface area (Å²) in [5.41, 5.74) is 8.09. The Balaban J connectivity index is 0.00000420. The second-order valence-electron chi connectivity index (χ2n) is 6.51. The molecule has 0 heterocycles. The Hall–Kier alpha value is -2.07. The number of aliphatic imine (C=N–C) groups is 1. The molecule has 160 valence electrons. The highest BCUT2D eigenvalue weighted by Crippen LogP contribution is 2.29. The molecule has 29 heavy (non-hydrogen) atoms. The Morgan fingerprint density at radius 2 is 1.83 bits per heavy atom. The van der Waals surface area contributed by atoms with Crippen LogP contribution in [0.25, 0.3) is 0 Å². The molecule has 0 aromatic heterocycles. The average Bonchev–Trinajstić information content (AvgIpc) is 2.64. The van der Waals surface area contributed by atoms with Crippen molar-refractivity contribution in [1.82, 2.24) is 4.90 Å². The Bertz CT molecular complexity index is 815. The zero-order valence-corrected chi connectivity index (χ0v) is 19.7. The van der Waals surface area contributed by atoms with E-state index in [0.717, 1.165) is 5.56 Å².